The van der Waals surface area contributed by atoms with Crippen molar-refractivity contribution < 1.29 is 9.13 Å². The van der Waals surface area contributed by atoms with Crippen molar-refractivity contribution >= 4 is 11.4 Å². The summed E-state index contributed by atoms with van der Waals surface area (Å²) in [5.74, 6) is 0.511. The summed E-state index contributed by atoms with van der Waals surface area (Å²) in [5, 5.41) is 9.64. The van der Waals surface area contributed by atoms with Crippen molar-refractivity contribution in [1.29, 1.82) is 0 Å². The van der Waals surface area contributed by atoms with E-state index < -0.39 is 5.82 Å². The number of ether oxygens (including phenoxy) is 1. The van der Waals surface area contributed by atoms with Gasteiger partial charge in [0.15, 0.2) is 11.6 Å². The van der Waals surface area contributed by atoms with Crippen molar-refractivity contribution in [3.05, 3.63) is 30.1 Å². The highest BCUT2D eigenvalue weighted by atomic mass is 19.1. The van der Waals surface area contributed by atoms with Gasteiger partial charge in [0.2, 0.25) is 0 Å². The van der Waals surface area contributed by atoms with Crippen molar-refractivity contribution in [1.82, 2.24) is 15.2 Å². The maximum absolute atomic E-state index is 13.5. The molecule has 0 unspecified atom stereocenters. The molecule has 0 atom stereocenters. The van der Waals surface area contributed by atoms with Gasteiger partial charge in [-0.25, -0.2) is 9.37 Å². The minimum absolute atomic E-state index is 0.193. The minimum atomic E-state index is -0.458. The molecule has 0 spiro atoms. The molecule has 1 aromatic heterocycles. The van der Waals surface area contributed by atoms with Gasteiger partial charge >= 0.3 is 0 Å². The van der Waals surface area contributed by atoms with E-state index in [1.807, 2.05) is 0 Å². The number of aromatic nitrogens is 3. The van der Waals surface area contributed by atoms with Crippen LogP contribution in [0.3, 0.4) is 0 Å². The van der Waals surface area contributed by atoms with Crippen molar-refractivity contribution in [2.24, 2.45) is 0 Å². The van der Waals surface area contributed by atoms with Crippen LogP contribution in [0, 0.1) is 5.82 Å². The fourth-order valence-corrected chi connectivity index (χ4v) is 1.65. The summed E-state index contributed by atoms with van der Waals surface area (Å²) in [4.78, 5) is 4.01. The third-order valence-electron chi connectivity index (χ3n) is 2.55. The zero-order valence-electron chi connectivity index (χ0n) is 10.6. The number of anilines is 2. The van der Waals surface area contributed by atoms with Gasteiger partial charge in [-0.1, -0.05) is 0 Å². The number of nitrogens with zero attached hydrogens (tertiary/aromatic N) is 2. The molecule has 19 heavy (non-hydrogen) atoms. The average molecular weight is 265 g/mol. The molecule has 2 rings (SSSR count). The number of nitrogens with two attached hydrogens (primary N) is 1. The molecule has 2 aromatic rings. The Morgan fingerprint density at radius 3 is 3.00 bits per heavy atom. The van der Waals surface area contributed by atoms with E-state index in [9.17, 15) is 4.39 Å². The van der Waals surface area contributed by atoms with Crippen LogP contribution in [0.4, 0.5) is 15.8 Å². The Morgan fingerprint density at radius 1 is 1.47 bits per heavy atom. The van der Waals surface area contributed by atoms with Gasteiger partial charge in [-0.2, -0.15) is 5.10 Å². The van der Waals surface area contributed by atoms with E-state index in [4.69, 9.17) is 10.5 Å². The second-order valence-electron chi connectivity index (χ2n) is 3.91. The third-order valence-corrected chi connectivity index (χ3v) is 2.55. The molecule has 6 nitrogen and oxygen atoms in total. The lowest BCUT2D eigenvalue weighted by molar-refractivity contribution is 0.322. The van der Waals surface area contributed by atoms with Gasteiger partial charge in [-0.15, -0.1) is 0 Å². The van der Waals surface area contributed by atoms with Crippen LogP contribution < -0.4 is 15.8 Å². The first kappa shape index (κ1) is 13.1. The quantitative estimate of drug-likeness (QED) is 0.690. The molecule has 0 aliphatic rings. The number of benzene rings is 1. The van der Waals surface area contributed by atoms with Crippen molar-refractivity contribution in [3.8, 4) is 5.75 Å². The zero-order chi connectivity index (χ0) is 13.7. The summed E-state index contributed by atoms with van der Waals surface area (Å²) in [5.41, 5.74) is 6.74. The highest BCUT2D eigenvalue weighted by molar-refractivity contribution is 5.68. The first-order valence-corrected chi connectivity index (χ1v) is 6.00. The van der Waals surface area contributed by atoms with Crippen LogP contribution in [0.1, 0.15) is 12.7 Å². The van der Waals surface area contributed by atoms with E-state index in [1.54, 1.807) is 13.0 Å². The van der Waals surface area contributed by atoms with Crippen LogP contribution in [0.2, 0.25) is 0 Å². The van der Waals surface area contributed by atoms with E-state index in [1.165, 1.54) is 12.4 Å². The van der Waals surface area contributed by atoms with E-state index in [0.29, 0.717) is 30.9 Å². The van der Waals surface area contributed by atoms with Gasteiger partial charge in [-0.3, -0.25) is 5.10 Å². The Bertz CT molecular complexity index is 529. The second-order valence-corrected chi connectivity index (χ2v) is 3.91. The maximum atomic E-state index is 13.5. The number of nitrogen functional groups attached to an aromatic ring is 1. The average Bonchev–Trinajstić information content (AvgIpc) is 2.88. The molecule has 4 N–H and O–H groups in total. The lowest BCUT2D eigenvalue weighted by Crippen LogP contribution is -2.09. The SMILES string of the molecule is CCOc1cc(NCCc2ncn[nH]2)c(N)cc1F. The number of nitrogens with one attached hydrogen (secondary N) is 2. The van der Waals surface area contributed by atoms with E-state index >= 15 is 0 Å². The molecule has 0 saturated carbocycles. The zero-order valence-corrected chi connectivity index (χ0v) is 10.6. The van der Waals surface area contributed by atoms with Crippen LogP contribution in [-0.4, -0.2) is 28.3 Å². The maximum Gasteiger partial charge on any atom is 0.167 e. The van der Waals surface area contributed by atoms with Gasteiger partial charge in [0.1, 0.15) is 12.2 Å². The summed E-state index contributed by atoms with van der Waals surface area (Å²) in [6.07, 6.45) is 2.12. The third kappa shape index (κ3) is 3.34. The summed E-state index contributed by atoms with van der Waals surface area (Å²) < 4.78 is 18.7. The van der Waals surface area contributed by atoms with Crippen molar-refractivity contribution in [3.63, 3.8) is 0 Å². The Balaban J connectivity index is 2.00. The molecule has 0 aliphatic carbocycles. The smallest absolute Gasteiger partial charge is 0.167 e. The first-order chi connectivity index (χ1) is 9.20. The monoisotopic (exact) mass is 265 g/mol. The first-order valence-electron chi connectivity index (χ1n) is 6.00. The Kier molecular flexibility index (Phi) is 4.17. The molecule has 0 amide bonds. The minimum Gasteiger partial charge on any atom is -0.491 e. The molecular formula is C12H16FN5O. The fourth-order valence-electron chi connectivity index (χ4n) is 1.65. The molecule has 1 aromatic carbocycles. The van der Waals surface area contributed by atoms with Crippen LogP contribution in [0.5, 0.6) is 5.75 Å². The number of H-pyrrole nitrogens is 1. The summed E-state index contributed by atoms with van der Waals surface area (Å²) in [6.45, 7) is 2.81. The molecule has 0 radical (unpaired) electrons. The summed E-state index contributed by atoms with van der Waals surface area (Å²) in [6, 6.07) is 2.82. The highest BCUT2D eigenvalue weighted by Gasteiger charge is 2.08. The molecule has 7 heteroatoms. The van der Waals surface area contributed by atoms with Crippen LogP contribution >= 0.6 is 0 Å². The molecule has 0 bridgehead atoms. The molecule has 0 fully saturated rings. The van der Waals surface area contributed by atoms with Crippen molar-refractivity contribution in [2.75, 3.05) is 24.2 Å². The van der Waals surface area contributed by atoms with E-state index in [0.717, 1.165) is 5.82 Å². The van der Waals surface area contributed by atoms with Gasteiger partial charge < -0.3 is 15.8 Å². The van der Waals surface area contributed by atoms with Gasteiger partial charge in [0, 0.05) is 25.1 Å². The van der Waals surface area contributed by atoms with E-state index in [-0.39, 0.29) is 5.75 Å². The van der Waals surface area contributed by atoms with Gasteiger partial charge in [0.05, 0.1) is 18.0 Å². The molecular weight excluding hydrogens is 249 g/mol. The number of rotatable bonds is 6. The predicted octanol–water partition coefficient (Wildman–Crippen LogP) is 1.58. The number of aromatic amines is 1. The van der Waals surface area contributed by atoms with Crippen LogP contribution in [0.25, 0.3) is 0 Å². The second kappa shape index (κ2) is 6.03. The summed E-state index contributed by atoms with van der Waals surface area (Å²) >= 11 is 0. The van der Waals surface area contributed by atoms with Gasteiger partial charge in [0.25, 0.3) is 0 Å². The van der Waals surface area contributed by atoms with Crippen molar-refractivity contribution in [2.45, 2.75) is 13.3 Å². The Morgan fingerprint density at radius 2 is 2.32 bits per heavy atom. The largest absolute Gasteiger partial charge is 0.491 e. The topological polar surface area (TPSA) is 88.8 Å². The van der Waals surface area contributed by atoms with Crippen LogP contribution in [-0.2, 0) is 6.42 Å². The summed E-state index contributed by atoms with van der Waals surface area (Å²) in [7, 11) is 0. The molecule has 0 aliphatic heterocycles. The van der Waals surface area contributed by atoms with E-state index in [2.05, 4.69) is 20.5 Å². The standard InChI is InChI=1S/C12H16FN5O/c1-2-19-11-6-10(9(14)5-8(11)13)15-4-3-12-16-7-17-18-12/h5-7,15H,2-4,14H2,1H3,(H,16,17,18). The molecule has 1 heterocycles. The normalized spacial score (nSPS) is 10.4. The lowest BCUT2D eigenvalue weighted by atomic mass is 10.2. The van der Waals surface area contributed by atoms with Crippen LogP contribution in [0.15, 0.2) is 18.5 Å². The number of hydrogen-bond donors (Lipinski definition) is 3. The molecule has 102 valence electrons. The highest BCUT2D eigenvalue weighted by Crippen LogP contribution is 2.28. The molecule has 0 saturated heterocycles. The Labute approximate surface area is 110 Å². The fraction of sp³-hybridized carbons (Fsp3) is 0.333. The van der Waals surface area contributed by atoms with Gasteiger partial charge in [-0.05, 0) is 6.92 Å². The lowest BCUT2D eigenvalue weighted by Gasteiger charge is -2.12. The number of halogens is 1. The predicted molar refractivity (Wildman–Crippen MR) is 70.6 cm³/mol. The number of hydrogen-bond acceptors (Lipinski definition) is 5. The Hall–Kier alpha value is -2.31.